The molecule has 1 atom stereocenters. The van der Waals surface area contributed by atoms with Crippen LogP contribution in [-0.4, -0.2) is 53.8 Å². The smallest absolute Gasteiger partial charge is 0.419 e. The van der Waals surface area contributed by atoms with Crippen LogP contribution in [-0.2, 0) is 16.2 Å². The number of benzene rings is 3. The average Bonchev–Trinajstić information content (AvgIpc) is 3.31. The number of alkyl halides is 3. The molecule has 1 aliphatic heterocycles. The van der Waals surface area contributed by atoms with E-state index in [9.17, 15) is 26.9 Å². The van der Waals surface area contributed by atoms with E-state index in [2.05, 4.69) is 4.72 Å². The van der Waals surface area contributed by atoms with Gasteiger partial charge in [-0.1, -0.05) is 12.1 Å². The highest BCUT2D eigenvalue weighted by molar-refractivity contribution is 7.92. The van der Waals surface area contributed by atoms with Gasteiger partial charge >= 0.3 is 6.18 Å². The molecule has 1 heterocycles. The molecule has 8 nitrogen and oxygen atoms in total. The maximum absolute atomic E-state index is 13.7. The van der Waals surface area contributed by atoms with Crippen molar-refractivity contribution in [3.8, 4) is 34.4 Å². The van der Waals surface area contributed by atoms with Crippen LogP contribution in [0.4, 0.5) is 18.9 Å². The molecule has 0 aromatic heterocycles. The van der Waals surface area contributed by atoms with E-state index < -0.39 is 33.6 Å². The van der Waals surface area contributed by atoms with Gasteiger partial charge in [-0.3, -0.25) is 4.72 Å². The van der Waals surface area contributed by atoms with Crippen LogP contribution in [0.2, 0.25) is 0 Å². The zero-order chi connectivity index (χ0) is 28.4. The lowest BCUT2D eigenvalue weighted by molar-refractivity contribution is -0.139. The van der Waals surface area contributed by atoms with Crippen LogP contribution >= 0.6 is 0 Å². The number of ether oxygens (including phenoxy) is 3. The zero-order valence-corrected chi connectivity index (χ0v) is 22.2. The third kappa shape index (κ3) is 6.21. The van der Waals surface area contributed by atoms with Crippen molar-refractivity contribution >= 4 is 15.7 Å². The van der Waals surface area contributed by atoms with Crippen LogP contribution in [0.25, 0.3) is 11.1 Å². The number of methoxy groups -OCH3 is 2. The van der Waals surface area contributed by atoms with Crippen LogP contribution in [0.1, 0.15) is 17.5 Å². The highest BCUT2D eigenvalue weighted by atomic mass is 32.2. The van der Waals surface area contributed by atoms with E-state index in [-0.39, 0.29) is 27.6 Å². The number of hydrogen-bond acceptors (Lipinski definition) is 7. The first kappa shape index (κ1) is 28.1. The summed E-state index contributed by atoms with van der Waals surface area (Å²) in [5.74, 6) is -0.0855. The van der Waals surface area contributed by atoms with Gasteiger partial charge in [-0.25, -0.2) is 8.42 Å². The summed E-state index contributed by atoms with van der Waals surface area (Å²) in [5, 5.41) is 9.32. The second-order valence-corrected chi connectivity index (χ2v) is 10.7. The van der Waals surface area contributed by atoms with Gasteiger partial charge in [-0.05, 0) is 49.4 Å². The van der Waals surface area contributed by atoms with Crippen LogP contribution < -0.4 is 18.9 Å². The van der Waals surface area contributed by atoms with Crippen molar-refractivity contribution < 1.29 is 35.8 Å². The number of hydrogen-bond donors (Lipinski definition) is 1. The van der Waals surface area contributed by atoms with Crippen molar-refractivity contribution in [2.24, 2.45) is 0 Å². The Kier molecular flexibility index (Phi) is 7.94. The zero-order valence-electron chi connectivity index (χ0n) is 21.4. The molecule has 1 fully saturated rings. The van der Waals surface area contributed by atoms with Gasteiger partial charge in [0.2, 0.25) is 0 Å². The highest BCUT2D eigenvalue weighted by Gasteiger charge is 2.36. The van der Waals surface area contributed by atoms with E-state index in [1.54, 1.807) is 18.2 Å². The minimum atomic E-state index is -4.69. The fraction of sp³-hybridized carbons (Fsp3) is 0.296. The minimum absolute atomic E-state index is 0.115. The number of nitrogens with zero attached hydrogens (tertiary/aromatic N) is 2. The summed E-state index contributed by atoms with van der Waals surface area (Å²) in [5.41, 5.74) is -0.191. The number of likely N-dealkylation sites (N-methyl/N-ethyl adjacent to an activating group) is 1. The molecule has 0 radical (unpaired) electrons. The lowest BCUT2D eigenvalue weighted by Crippen LogP contribution is -2.23. The van der Waals surface area contributed by atoms with Crippen LogP contribution in [0.3, 0.4) is 0 Å². The number of sulfonamides is 1. The molecular formula is C27H26F3N3O5S. The van der Waals surface area contributed by atoms with Crippen LogP contribution in [0.5, 0.6) is 17.2 Å². The molecule has 0 unspecified atom stereocenters. The Morgan fingerprint density at radius 2 is 1.74 bits per heavy atom. The van der Waals surface area contributed by atoms with E-state index in [1.807, 2.05) is 18.0 Å². The van der Waals surface area contributed by atoms with Gasteiger partial charge in [0.25, 0.3) is 10.0 Å². The molecule has 3 aromatic carbocycles. The van der Waals surface area contributed by atoms with Crippen molar-refractivity contribution in [3.63, 3.8) is 0 Å². The number of nitriles is 1. The molecule has 1 N–H and O–H groups in total. The van der Waals surface area contributed by atoms with Crippen molar-refractivity contribution in [1.82, 2.24) is 4.90 Å². The Morgan fingerprint density at radius 3 is 2.36 bits per heavy atom. The van der Waals surface area contributed by atoms with Gasteiger partial charge in [0, 0.05) is 30.8 Å². The molecule has 206 valence electrons. The first-order valence-electron chi connectivity index (χ1n) is 11.8. The van der Waals surface area contributed by atoms with Gasteiger partial charge in [-0.2, -0.15) is 18.4 Å². The molecule has 0 spiro atoms. The fourth-order valence-corrected chi connectivity index (χ4v) is 5.64. The molecule has 3 aromatic rings. The van der Waals surface area contributed by atoms with Crippen LogP contribution in [0.15, 0.2) is 59.5 Å². The van der Waals surface area contributed by atoms with E-state index in [0.29, 0.717) is 30.6 Å². The lowest BCUT2D eigenvalue weighted by atomic mass is 10.0. The summed E-state index contributed by atoms with van der Waals surface area (Å²) in [6, 6.07) is 13.9. The quantitative estimate of drug-likeness (QED) is 0.406. The van der Waals surface area contributed by atoms with Gasteiger partial charge in [0.05, 0.1) is 42.0 Å². The number of rotatable bonds is 8. The summed E-state index contributed by atoms with van der Waals surface area (Å²) >= 11 is 0. The predicted molar refractivity (Wildman–Crippen MR) is 138 cm³/mol. The van der Waals surface area contributed by atoms with Crippen molar-refractivity contribution in [2.75, 3.05) is 39.1 Å². The molecular weight excluding hydrogens is 535 g/mol. The Balaban J connectivity index is 1.78. The predicted octanol–water partition coefficient (Wildman–Crippen LogP) is 5.14. The first-order valence-corrected chi connectivity index (χ1v) is 13.3. The first-order chi connectivity index (χ1) is 18.4. The Labute approximate surface area is 224 Å². The maximum Gasteiger partial charge on any atom is 0.419 e. The normalized spacial score (nSPS) is 16.0. The lowest BCUT2D eigenvalue weighted by Gasteiger charge is -2.20. The second-order valence-electron chi connectivity index (χ2n) is 9.00. The molecule has 12 heteroatoms. The summed E-state index contributed by atoms with van der Waals surface area (Å²) in [7, 11) is 0.194. The monoisotopic (exact) mass is 561 g/mol. The number of nitrogens with one attached hydrogen (secondary N) is 1. The standard InChI is InChI=1S/C27H26F3N3O5S/c1-33-10-9-20(16-33)38-23-12-19(7-8-22(23)27(28,29)30)32-39(34,35)26-14-25(37-3)24(36-2)13-21(26)18-6-4-5-17(11-18)15-31/h4-8,11-14,20,32H,9-10,16H2,1-3H3/t20-/m1/s1. The van der Waals surface area contributed by atoms with E-state index in [4.69, 9.17) is 14.2 Å². The molecule has 0 aliphatic carbocycles. The van der Waals surface area contributed by atoms with E-state index >= 15 is 0 Å². The molecule has 0 amide bonds. The largest absolute Gasteiger partial charge is 0.493 e. The molecule has 4 rings (SSSR count). The third-order valence-corrected chi connectivity index (χ3v) is 7.68. The molecule has 1 aliphatic rings. The molecule has 1 saturated heterocycles. The second kappa shape index (κ2) is 11.0. The number of likely N-dealkylation sites (tertiary alicyclic amines) is 1. The van der Waals surface area contributed by atoms with E-state index in [1.165, 1.54) is 32.4 Å². The Morgan fingerprint density at radius 1 is 1.03 bits per heavy atom. The minimum Gasteiger partial charge on any atom is -0.493 e. The van der Waals surface area contributed by atoms with Gasteiger partial charge in [0.1, 0.15) is 11.9 Å². The highest BCUT2D eigenvalue weighted by Crippen LogP contribution is 2.41. The van der Waals surface area contributed by atoms with Crippen molar-refractivity contribution in [3.05, 3.63) is 65.7 Å². The van der Waals surface area contributed by atoms with Gasteiger partial charge < -0.3 is 19.1 Å². The maximum atomic E-state index is 13.7. The topological polar surface area (TPSA) is 101 Å². The SMILES string of the molecule is COc1cc(-c2cccc(C#N)c2)c(S(=O)(=O)Nc2ccc(C(F)(F)F)c(O[C@@H]3CCN(C)C3)c2)cc1OC. The van der Waals surface area contributed by atoms with Crippen molar-refractivity contribution in [2.45, 2.75) is 23.6 Å². The number of halogens is 3. The van der Waals surface area contributed by atoms with E-state index in [0.717, 1.165) is 18.2 Å². The Bertz CT molecular complexity index is 1520. The summed E-state index contributed by atoms with van der Waals surface area (Å²) in [6.45, 7) is 1.12. The summed E-state index contributed by atoms with van der Waals surface area (Å²) in [4.78, 5) is 1.71. The summed E-state index contributed by atoms with van der Waals surface area (Å²) in [6.07, 6.45) is -4.62. The summed E-state index contributed by atoms with van der Waals surface area (Å²) < 4.78 is 87.1. The van der Waals surface area contributed by atoms with Gasteiger partial charge in [0.15, 0.2) is 11.5 Å². The Hall–Kier alpha value is -3.95. The average molecular weight is 562 g/mol. The molecule has 0 bridgehead atoms. The van der Waals surface area contributed by atoms with Crippen LogP contribution in [0, 0.1) is 11.3 Å². The molecule has 39 heavy (non-hydrogen) atoms. The molecule has 0 saturated carbocycles. The number of anilines is 1. The fourth-order valence-electron chi connectivity index (χ4n) is 4.36. The third-order valence-electron chi connectivity index (χ3n) is 6.26. The van der Waals surface area contributed by atoms with Gasteiger partial charge in [-0.15, -0.1) is 0 Å². The van der Waals surface area contributed by atoms with Crippen molar-refractivity contribution in [1.29, 1.82) is 5.26 Å².